The molecule has 3 atom stereocenters. The van der Waals surface area contributed by atoms with Crippen molar-refractivity contribution < 1.29 is 19.0 Å². The molecule has 112 valence electrons. The molecule has 1 aliphatic carbocycles. The van der Waals surface area contributed by atoms with Crippen LogP contribution in [-0.2, 0) is 24.6 Å². The van der Waals surface area contributed by atoms with Crippen LogP contribution in [0.1, 0.15) is 12.0 Å². The molecule has 5 nitrogen and oxygen atoms in total. The summed E-state index contributed by atoms with van der Waals surface area (Å²) in [6, 6.07) is 7.71. The van der Waals surface area contributed by atoms with Gasteiger partial charge in [0.1, 0.15) is 24.6 Å². The topological polar surface area (TPSA) is 56.8 Å². The number of carbonyl (C=O) groups excluding carboxylic acids is 1. The second kappa shape index (κ2) is 4.21. The van der Waals surface area contributed by atoms with E-state index >= 15 is 0 Å². The van der Waals surface area contributed by atoms with Crippen molar-refractivity contribution >= 4 is 11.6 Å². The van der Waals surface area contributed by atoms with E-state index in [2.05, 4.69) is 5.32 Å². The second-order valence-corrected chi connectivity index (χ2v) is 5.99. The van der Waals surface area contributed by atoms with Gasteiger partial charge in [-0.2, -0.15) is 0 Å². The van der Waals surface area contributed by atoms with E-state index in [1.807, 2.05) is 36.4 Å². The van der Waals surface area contributed by atoms with E-state index in [0.29, 0.717) is 19.6 Å². The molecule has 1 aromatic rings. The molecular weight excluding hydrogens is 282 g/mol. The third kappa shape index (κ3) is 1.47. The monoisotopic (exact) mass is 297 g/mol. The summed E-state index contributed by atoms with van der Waals surface area (Å²) in [5.41, 5.74) is 1.90. The van der Waals surface area contributed by atoms with Gasteiger partial charge in [-0.1, -0.05) is 24.3 Å². The number of para-hydroxylation sites is 1. The van der Waals surface area contributed by atoms with Gasteiger partial charge >= 0.3 is 0 Å². The van der Waals surface area contributed by atoms with Crippen LogP contribution in [-0.4, -0.2) is 31.3 Å². The molecular formula is C17H15NO4. The predicted octanol–water partition coefficient (Wildman–Crippen LogP) is 1.86. The standard InChI is InChI=1S/C17H15NO4/c19-16-17(11-3-1-2-4-12(11)18-16)9-10-5-6-13-15(14(10)22-17)21-8-7-20-13/h1-6,14-15H,7-9H2,(H,18,19). The molecule has 3 unspecified atom stereocenters. The van der Waals surface area contributed by atoms with Crippen LogP contribution in [0.15, 0.2) is 47.7 Å². The van der Waals surface area contributed by atoms with Gasteiger partial charge in [-0.3, -0.25) is 4.79 Å². The van der Waals surface area contributed by atoms with E-state index in [1.54, 1.807) is 0 Å². The Kier molecular flexibility index (Phi) is 2.38. The fourth-order valence-corrected chi connectivity index (χ4v) is 3.78. The summed E-state index contributed by atoms with van der Waals surface area (Å²) < 4.78 is 17.8. The first-order valence-corrected chi connectivity index (χ1v) is 7.52. The van der Waals surface area contributed by atoms with Crippen molar-refractivity contribution in [3.8, 4) is 0 Å². The zero-order chi connectivity index (χ0) is 14.7. The minimum atomic E-state index is -0.933. The maximum atomic E-state index is 12.6. The highest BCUT2D eigenvalue weighted by molar-refractivity contribution is 6.05. The summed E-state index contributed by atoms with van der Waals surface area (Å²) in [5, 5.41) is 2.93. The molecule has 3 aliphatic heterocycles. The molecule has 0 radical (unpaired) electrons. The maximum absolute atomic E-state index is 12.6. The third-order valence-electron chi connectivity index (χ3n) is 4.79. The van der Waals surface area contributed by atoms with Crippen molar-refractivity contribution in [2.45, 2.75) is 24.2 Å². The Hall–Kier alpha value is -2.11. The SMILES string of the molecule is O=C1Nc2ccccc2C12CC1=CC=C3OCCOC3C1O2. The number of carbonyl (C=O) groups is 1. The molecule has 0 saturated carbocycles. The second-order valence-electron chi connectivity index (χ2n) is 5.99. The van der Waals surface area contributed by atoms with Crippen LogP contribution in [0.5, 0.6) is 0 Å². The number of rotatable bonds is 0. The van der Waals surface area contributed by atoms with Crippen LogP contribution in [0, 0.1) is 0 Å². The van der Waals surface area contributed by atoms with Crippen molar-refractivity contribution in [2.75, 3.05) is 18.5 Å². The molecule has 0 aromatic heterocycles. The quantitative estimate of drug-likeness (QED) is 0.794. The maximum Gasteiger partial charge on any atom is 0.261 e. The van der Waals surface area contributed by atoms with Gasteiger partial charge in [0.2, 0.25) is 0 Å². The summed E-state index contributed by atoms with van der Waals surface area (Å²) >= 11 is 0. The van der Waals surface area contributed by atoms with Crippen LogP contribution in [0.3, 0.4) is 0 Å². The molecule has 0 bridgehead atoms. The number of allylic oxidation sites excluding steroid dienone is 2. The Balaban J connectivity index is 1.58. The first-order chi connectivity index (χ1) is 10.8. The lowest BCUT2D eigenvalue weighted by Gasteiger charge is -2.33. The third-order valence-corrected chi connectivity index (χ3v) is 4.79. The Morgan fingerprint density at radius 1 is 1.14 bits per heavy atom. The predicted molar refractivity (Wildman–Crippen MR) is 78.1 cm³/mol. The van der Waals surface area contributed by atoms with Gasteiger partial charge in [0.15, 0.2) is 5.60 Å². The fourth-order valence-electron chi connectivity index (χ4n) is 3.78. The molecule has 1 spiro atoms. The molecule has 1 amide bonds. The minimum Gasteiger partial charge on any atom is -0.493 e. The average Bonchev–Trinajstić information content (AvgIpc) is 3.08. The number of fused-ring (bicyclic) bond motifs is 5. The minimum absolute atomic E-state index is 0.0951. The number of hydrogen-bond acceptors (Lipinski definition) is 4. The Labute approximate surface area is 127 Å². The Morgan fingerprint density at radius 2 is 2.05 bits per heavy atom. The first kappa shape index (κ1) is 12.4. The highest BCUT2D eigenvalue weighted by Gasteiger charge is 2.57. The lowest BCUT2D eigenvalue weighted by Crippen LogP contribution is -2.41. The lowest BCUT2D eigenvalue weighted by molar-refractivity contribution is -0.153. The van der Waals surface area contributed by atoms with Crippen molar-refractivity contribution in [1.29, 1.82) is 0 Å². The van der Waals surface area contributed by atoms with Crippen molar-refractivity contribution in [2.24, 2.45) is 0 Å². The molecule has 1 N–H and O–H groups in total. The zero-order valence-corrected chi connectivity index (χ0v) is 11.9. The van der Waals surface area contributed by atoms with E-state index in [-0.39, 0.29) is 18.1 Å². The largest absolute Gasteiger partial charge is 0.493 e. The molecule has 2 saturated heterocycles. The van der Waals surface area contributed by atoms with Gasteiger partial charge in [-0.05, 0) is 17.7 Å². The van der Waals surface area contributed by atoms with Crippen LogP contribution in [0.25, 0.3) is 0 Å². The Morgan fingerprint density at radius 3 is 3.00 bits per heavy atom. The molecule has 5 heteroatoms. The van der Waals surface area contributed by atoms with Gasteiger partial charge in [0, 0.05) is 17.7 Å². The van der Waals surface area contributed by atoms with E-state index in [0.717, 1.165) is 22.6 Å². The molecule has 3 heterocycles. The van der Waals surface area contributed by atoms with Crippen LogP contribution >= 0.6 is 0 Å². The Bertz CT molecular complexity index is 738. The molecule has 22 heavy (non-hydrogen) atoms. The highest BCUT2D eigenvalue weighted by atomic mass is 16.6. The summed E-state index contributed by atoms with van der Waals surface area (Å²) in [5.74, 6) is 0.700. The lowest BCUT2D eigenvalue weighted by atomic mass is 9.88. The van der Waals surface area contributed by atoms with Crippen LogP contribution in [0.4, 0.5) is 5.69 Å². The number of hydrogen-bond donors (Lipinski definition) is 1. The van der Waals surface area contributed by atoms with Crippen LogP contribution < -0.4 is 5.32 Å². The number of ether oxygens (including phenoxy) is 3. The fraction of sp³-hybridized carbons (Fsp3) is 0.353. The van der Waals surface area contributed by atoms with Gasteiger partial charge in [0.05, 0.1) is 6.61 Å². The van der Waals surface area contributed by atoms with Crippen molar-refractivity contribution in [3.05, 3.63) is 53.3 Å². The molecule has 4 aliphatic rings. The van der Waals surface area contributed by atoms with E-state index in [1.165, 1.54) is 0 Å². The summed E-state index contributed by atoms with van der Waals surface area (Å²) in [6.45, 7) is 1.11. The highest BCUT2D eigenvalue weighted by Crippen LogP contribution is 2.51. The average molecular weight is 297 g/mol. The number of benzene rings is 1. The molecule has 1 aromatic carbocycles. The smallest absolute Gasteiger partial charge is 0.261 e. The molecule has 5 rings (SSSR count). The number of anilines is 1. The van der Waals surface area contributed by atoms with Crippen molar-refractivity contribution in [1.82, 2.24) is 0 Å². The first-order valence-electron chi connectivity index (χ1n) is 7.52. The summed E-state index contributed by atoms with van der Waals surface area (Å²) in [7, 11) is 0. The number of amides is 1. The van der Waals surface area contributed by atoms with E-state index < -0.39 is 5.60 Å². The van der Waals surface area contributed by atoms with Crippen molar-refractivity contribution in [3.63, 3.8) is 0 Å². The summed E-state index contributed by atoms with van der Waals surface area (Å²) in [6.07, 6.45) is 4.01. The zero-order valence-electron chi connectivity index (χ0n) is 11.9. The molecule has 2 fully saturated rings. The number of nitrogens with one attached hydrogen (secondary N) is 1. The van der Waals surface area contributed by atoms with Crippen LogP contribution in [0.2, 0.25) is 0 Å². The van der Waals surface area contributed by atoms with Gasteiger partial charge in [0.25, 0.3) is 5.91 Å². The van der Waals surface area contributed by atoms with Gasteiger partial charge in [-0.25, -0.2) is 0 Å². The summed E-state index contributed by atoms with van der Waals surface area (Å²) in [4.78, 5) is 12.6. The normalized spacial score (nSPS) is 35.0. The van der Waals surface area contributed by atoms with Gasteiger partial charge < -0.3 is 19.5 Å². The van der Waals surface area contributed by atoms with E-state index in [9.17, 15) is 4.79 Å². The van der Waals surface area contributed by atoms with Gasteiger partial charge in [-0.15, -0.1) is 0 Å². The van der Waals surface area contributed by atoms with E-state index in [4.69, 9.17) is 14.2 Å².